The quantitative estimate of drug-likeness (QED) is 0.741. The van der Waals surface area contributed by atoms with Gasteiger partial charge in [0, 0.05) is 12.7 Å². The van der Waals surface area contributed by atoms with Crippen molar-refractivity contribution in [3.8, 4) is 11.3 Å². The van der Waals surface area contributed by atoms with Crippen LogP contribution in [0.2, 0.25) is 0 Å². The van der Waals surface area contributed by atoms with Crippen LogP contribution in [0.25, 0.3) is 11.3 Å². The van der Waals surface area contributed by atoms with Crippen LogP contribution in [-0.4, -0.2) is 17.6 Å². The highest BCUT2D eigenvalue weighted by Gasteiger charge is 2.18. The van der Waals surface area contributed by atoms with Crippen LogP contribution >= 0.6 is 0 Å². The summed E-state index contributed by atoms with van der Waals surface area (Å²) >= 11 is 0. The fourth-order valence-electron chi connectivity index (χ4n) is 1.94. The lowest BCUT2D eigenvalue weighted by Crippen LogP contribution is -2.03. The first kappa shape index (κ1) is 11.5. The highest BCUT2D eigenvalue weighted by atomic mass is 16.5. The molecule has 0 amide bonds. The Morgan fingerprint density at radius 2 is 1.88 bits per heavy atom. The van der Waals surface area contributed by atoms with Crippen molar-refractivity contribution in [3.63, 3.8) is 0 Å². The monoisotopic (exact) mass is 229 g/mol. The van der Waals surface area contributed by atoms with Gasteiger partial charge in [-0.3, -0.25) is 0 Å². The van der Waals surface area contributed by atoms with Crippen molar-refractivity contribution in [2.24, 2.45) is 7.05 Å². The molecule has 0 saturated heterocycles. The molecule has 2 aromatic rings. The minimum Gasteiger partial charge on any atom is -0.465 e. The Kier molecular flexibility index (Phi) is 3.00. The van der Waals surface area contributed by atoms with Gasteiger partial charge in [-0.2, -0.15) is 0 Å². The highest BCUT2D eigenvalue weighted by Crippen LogP contribution is 2.26. The average molecular weight is 229 g/mol. The van der Waals surface area contributed by atoms with Crippen molar-refractivity contribution in [1.82, 2.24) is 4.57 Å². The van der Waals surface area contributed by atoms with Crippen LogP contribution < -0.4 is 0 Å². The van der Waals surface area contributed by atoms with E-state index in [-0.39, 0.29) is 5.97 Å². The van der Waals surface area contributed by atoms with Crippen LogP contribution in [0, 0.1) is 6.92 Å². The zero-order valence-electron chi connectivity index (χ0n) is 10.2. The smallest absolute Gasteiger partial charge is 0.340 e. The van der Waals surface area contributed by atoms with Gasteiger partial charge in [-0.25, -0.2) is 4.79 Å². The third-order valence-electron chi connectivity index (χ3n) is 2.93. The van der Waals surface area contributed by atoms with Gasteiger partial charge in [0.05, 0.1) is 18.4 Å². The van der Waals surface area contributed by atoms with Gasteiger partial charge in [0.1, 0.15) is 0 Å². The van der Waals surface area contributed by atoms with E-state index in [1.165, 1.54) is 7.11 Å². The van der Waals surface area contributed by atoms with Crippen molar-refractivity contribution in [2.45, 2.75) is 6.92 Å². The molecule has 0 N–H and O–H groups in total. The van der Waals surface area contributed by atoms with Crippen molar-refractivity contribution in [1.29, 1.82) is 0 Å². The van der Waals surface area contributed by atoms with Crippen LogP contribution in [0.1, 0.15) is 16.1 Å². The number of carbonyl (C=O) groups is 1. The summed E-state index contributed by atoms with van der Waals surface area (Å²) in [6, 6.07) is 11.7. The number of aryl methyl sites for hydroxylation is 1. The summed E-state index contributed by atoms with van der Waals surface area (Å²) < 4.78 is 6.82. The number of nitrogens with zero attached hydrogens (tertiary/aromatic N) is 1. The third-order valence-corrected chi connectivity index (χ3v) is 2.93. The maximum atomic E-state index is 11.7. The van der Waals surface area contributed by atoms with Gasteiger partial charge >= 0.3 is 5.97 Å². The minimum atomic E-state index is -0.299. The van der Waals surface area contributed by atoms with Crippen molar-refractivity contribution in [3.05, 3.63) is 47.7 Å². The maximum absolute atomic E-state index is 11.7. The molecule has 0 radical (unpaired) electrons. The predicted molar refractivity (Wildman–Crippen MR) is 66.9 cm³/mol. The molecule has 0 atom stereocenters. The third kappa shape index (κ3) is 1.96. The second-order valence-electron chi connectivity index (χ2n) is 3.96. The molecule has 88 valence electrons. The van der Waals surface area contributed by atoms with Gasteiger partial charge in [-0.1, -0.05) is 30.3 Å². The maximum Gasteiger partial charge on any atom is 0.340 e. The molecule has 1 heterocycles. The van der Waals surface area contributed by atoms with E-state index in [9.17, 15) is 4.79 Å². The zero-order chi connectivity index (χ0) is 12.4. The molecule has 0 fully saturated rings. The predicted octanol–water partition coefficient (Wildman–Crippen LogP) is 2.79. The van der Waals surface area contributed by atoms with Crippen molar-refractivity contribution < 1.29 is 9.53 Å². The second kappa shape index (κ2) is 4.45. The van der Waals surface area contributed by atoms with Crippen molar-refractivity contribution in [2.75, 3.05) is 7.11 Å². The number of benzene rings is 1. The standard InChI is InChI=1S/C14H15NO2/c1-10-9-12(14(16)17-3)13(15(10)2)11-7-5-4-6-8-11/h4-9H,1-3H3. The Bertz CT molecular complexity index is 541. The van der Waals surface area contributed by atoms with E-state index >= 15 is 0 Å². The molecule has 1 aromatic heterocycles. The molecule has 3 heteroatoms. The van der Waals surface area contributed by atoms with E-state index in [4.69, 9.17) is 4.74 Å². The van der Waals surface area contributed by atoms with E-state index in [0.29, 0.717) is 5.56 Å². The number of carbonyl (C=O) groups excluding carboxylic acids is 1. The average Bonchev–Trinajstić information content (AvgIpc) is 2.66. The van der Waals surface area contributed by atoms with Gasteiger partial charge in [0.2, 0.25) is 0 Å². The fourth-order valence-corrected chi connectivity index (χ4v) is 1.94. The first-order valence-electron chi connectivity index (χ1n) is 5.45. The van der Waals surface area contributed by atoms with Gasteiger partial charge in [-0.05, 0) is 18.6 Å². The molecule has 0 saturated carbocycles. The Hall–Kier alpha value is -2.03. The molecule has 1 aromatic carbocycles. The highest BCUT2D eigenvalue weighted by molar-refractivity contribution is 5.97. The van der Waals surface area contributed by atoms with Crippen molar-refractivity contribution >= 4 is 5.97 Å². The summed E-state index contributed by atoms with van der Waals surface area (Å²) in [7, 11) is 3.35. The molecule has 0 spiro atoms. The lowest BCUT2D eigenvalue weighted by Gasteiger charge is -2.07. The summed E-state index contributed by atoms with van der Waals surface area (Å²) in [5.41, 5.74) is 3.56. The van der Waals surface area contributed by atoms with Gasteiger partial charge in [-0.15, -0.1) is 0 Å². The summed E-state index contributed by atoms with van der Waals surface area (Å²) in [6.07, 6.45) is 0. The van der Waals surface area contributed by atoms with Crippen LogP contribution in [0.4, 0.5) is 0 Å². The first-order chi connectivity index (χ1) is 8.15. The molecule has 17 heavy (non-hydrogen) atoms. The molecule has 0 aliphatic heterocycles. The van der Waals surface area contributed by atoms with E-state index < -0.39 is 0 Å². The fraction of sp³-hybridized carbons (Fsp3) is 0.214. The second-order valence-corrected chi connectivity index (χ2v) is 3.96. The molecule has 0 aliphatic rings. The topological polar surface area (TPSA) is 31.2 Å². The molecule has 0 bridgehead atoms. The van der Waals surface area contributed by atoms with Crippen LogP contribution in [0.3, 0.4) is 0 Å². The number of rotatable bonds is 2. The van der Waals surface area contributed by atoms with E-state index in [2.05, 4.69) is 0 Å². The van der Waals surface area contributed by atoms with Crippen LogP contribution in [0.15, 0.2) is 36.4 Å². The lowest BCUT2D eigenvalue weighted by molar-refractivity contribution is 0.0601. The van der Waals surface area contributed by atoms with Crippen LogP contribution in [0.5, 0.6) is 0 Å². The number of ether oxygens (including phenoxy) is 1. The lowest BCUT2D eigenvalue weighted by atomic mass is 10.1. The Balaban J connectivity index is 2.64. The number of hydrogen-bond acceptors (Lipinski definition) is 2. The largest absolute Gasteiger partial charge is 0.465 e. The molecule has 3 nitrogen and oxygen atoms in total. The number of aromatic nitrogens is 1. The molecular formula is C14H15NO2. The van der Waals surface area contributed by atoms with E-state index in [0.717, 1.165) is 17.0 Å². The van der Waals surface area contributed by atoms with Crippen LogP contribution in [-0.2, 0) is 11.8 Å². The van der Waals surface area contributed by atoms with Gasteiger partial charge in [0.15, 0.2) is 0 Å². The molecule has 0 aliphatic carbocycles. The molecule has 2 rings (SSSR count). The van der Waals surface area contributed by atoms with Gasteiger partial charge < -0.3 is 9.30 Å². The zero-order valence-corrected chi connectivity index (χ0v) is 10.2. The minimum absolute atomic E-state index is 0.299. The van der Waals surface area contributed by atoms with Gasteiger partial charge in [0.25, 0.3) is 0 Å². The first-order valence-corrected chi connectivity index (χ1v) is 5.45. The summed E-state index contributed by atoms with van der Waals surface area (Å²) in [6.45, 7) is 1.97. The normalized spacial score (nSPS) is 10.3. The SMILES string of the molecule is COC(=O)c1cc(C)n(C)c1-c1ccccc1. The number of esters is 1. The molecule has 0 unspecified atom stereocenters. The number of methoxy groups -OCH3 is 1. The van der Waals surface area contributed by atoms with E-state index in [1.54, 1.807) is 0 Å². The Labute approximate surface area is 101 Å². The number of hydrogen-bond donors (Lipinski definition) is 0. The Morgan fingerprint density at radius 3 is 2.47 bits per heavy atom. The van der Waals surface area contributed by atoms with E-state index in [1.807, 2.05) is 54.9 Å². The summed E-state index contributed by atoms with van der Waals surface area (Å²) in [5.74, 6) is -0.299. The Morgan fingerprint density at radius 1 is 1.24 bits per heavy atom. The summed E-state index contributed by atoms with van der Waals surface area (Å²) in [4.78, 5) is 11.7. The molecular weight excluding hydrogens is 214 g/mol. The summed E-state index contributed by atoms with van der Waals surface area (Å²) in [5, 5.41) is 0.